The number of anilines is 2. The molecule has 0 saturated carbocycles. The van der Waals surface area contributed by atoms with Gasteiger partial charge in [-0.25, -0.2) is 14.8 Å². The summed E-state index contributed by atoms with van der Waals surface area (Å²) >= 11 is 0. The highest BCUT2D eigenvalue weighted by molar-refractivity contribution is 5.85. The van der Waals surface area contributed by atoms with E-state index in [0.717, 1.165) is 5.56 Å². The number of nitrogens with one attached hydrogen (secondary N) is 1. The first-order valence-electron chi connectivity index (χ1n) is 5.53. The minimum absolute atomic E-state index is 0.00617. The number of carbonyl (C=O) groups is 1. The van der Waals surface area contributed by atoms with Crippen molar-refractivity contribution in [3.63, 3.8) is 0 Å². The van der Waals surface area contributed by atoms with Gasteiger partial charge in [0.05, 0.1) is 13.3 Å². The van der Waals surface area contributed by atoms with Crippen LogP contribution in [0.3, 0.4) is 0 Å². The van der Waals surface area contributed by atoms with Crippen LogP contribution >= 0.6 is 0 Å². The summed E-state index contributed by atoms with van der Waals surface area (Å²) in [6, 6.07) is 1.65. The average molecular weight is 262 g/mol. The van der Waals surface area contributed by atoms with E-state index >= 15 is 0 Å². The molecule has 2 aromatic rings. The first-order chi connectivity index (χ1) is 9.11. The zero-order valence-corrected chi connectivity index (χ0v) is 10.6. The van der Waals surface area contributed by atoms with E-state index in [2.05, 4.69) is 25.1 Å². The highest BCUT2D eigenvalue weighted by Crippen LogP contribution is 2.11. The molecule has 2 aromatic heterocycles. The molecule has 0 saturated heterocycles. The van der Waals surface area contributed by atoms with Crippen LogP contribution < -0.4 is 11.1 Å². The first-order valence-corrected chi connectivity index (χ1v) is 5.53. The van der Waals surface area contributed by atoms with Gasteiger partial charge in [0, 0.05) is 25.4 Å². The topological polar surface area (TPSA) is 108 Å². The van der Waals surface area contributed by atoms with Crippen LogP contribution in [-0.4, -0.2) is 32.8 Å². The number of carbonyl (C=O) groups excluding carboxylic acids is 1. The normalized spacial score (nSPS) is 10.2. The van der Waals surface area contributed by atoms with E-state index in [1.807, 2.05) is 0 Å². The molecule has 8 nitrogen and oxygen atoms in total. The molecule has 8 heteroatoms. The van der Waals surface area contributed by atoms with Crippen LogP contribution in [0, 0.1) is 0 Å². The lowest BCUT2D eigenvalue weighted by Crippen LogP contribution is -2.10. The molecule has 19 heavy (non-hydrogen) atoms. The molecule has 0 aliphatic heterocycles. The number of esters is 1. The smallest absolute Gasteiger partial charge is 0.376 e. The summed E-state index contributed by atoms with van der Waals surface area (Å²) in [5, 5.41) is 7.07. The largest absolute Gasteiger partial charge is 0.463 e. The van der Waals surface area contributed by atoms with Crippen molar-refractivity contribution in [1.82, 2.24) is 19.7 Å². The number of hydrogen-bond donors (Lipinski definition) is 2. The molecule has 0 atom stereocenters. The van der Waals surface area contributed by atoms with Crippen LogP contribution in [-0.2, 0) is 18.3 Å². The summed E-state index contributed by atoms with van der Waals surface area (Å²) in [6.45, 7) is 0.456. The fraction of sp³-hybridized carbons (Fsp3) is 0.273. The molecule has 0 aliphatic carbocycles. The van der Waals surface area contributed by atoms with Crippen LogP contribution in [0.25, 0.3) is 0 Å². The second kappa shape index (κ2) is 5.34. The monoisotopic (exact) mass is 262 g/mol. The van der Waals surface area contributed by atoms with Gasteiger partial charge in [-0.1, -0.05) is 0 Å². The second-order valence-corrected chi connectivity index (χ2v) is 3.79. The quantitative estimate of drug-likeness (QED) is 0.757. The minimum atomic E-state index is -0.579. The number of rotatable bonds is 4. The van der Waals surface area contributed by atoms with Gasteiger partial charge in [-0.15, -0.1) is 0 Å². The minimum Gasteiger partial charge on any atom is -0.463 e. The van der Waals surface area contributed by atoms with Crippen molar-refractivity contribution >= 4 is 17.6 Å². The summed E-state index contributed by atoms with van der Waals surface area (Å²) in [4.78, 5) is 19.1. The number of aromatic nitrogens is 4. The lowest BCUT2D eigenvalue weighted by Gasteiger charge is -2.05. The average Bonchev–Trinajstić information content (AvgIpc) is 2.76. The number of nitrogen functional groups attached to an aromatic ring is 1. The number of nitrogens with zero attached hydrogens (tertiary/aromatic N) is 4. The van der Waals surface area contributed by atoms with Gasteiger partial charge in [-0.2, -0.15) is 5.10 Å². The van der Waals surface area contributed by atoms with Crippen LogP contribution in [0.15, 0.2) is 18.5 Å². The van der Waals surface area contributed by atoms with Crippen molar-refractivity contribution in [2.75, 3.05) is 18.2 Å². The summed E-state index contributed by atoms with van der Waals surface area (Å²) in [7, 11) is 3.04. The van der Waals surface area contributed by atoms with E-state index in [4.69, 9.17) is 5.73 Å². The van der Waals surface area contributed by atoms with Gasteiger partial charge >= 0.3 is 5.97 Å². The molecule has 0 bridgehead atoms. The highest BCUT2D eigenvalue weighted by Gasteiger charge is 2.10. The molecular formula is C11H14N6O2. The van der Waals surface area contributed by atoms with E-state index < -0.39 is 5.97 Å². The molecular weight excluding hydrogens is 248 g/mol. The van der Waals surface area contributed by atoms with Crippen molar-refractivity contribution in [2.24, 2.45) is 7.05 Å². The van der Waals surface area contributed by atoms with Crippen LogP contribution in [0.4, 0.5) is 11.6 Å². The van der Waals surface area contributed by atoms with Crippen molar-refractivity contribution < 1.29 is 9.53 Å². The molecule has 0 aliphatic rings. The van der Waals surface area contributed by atoms with E-state index in [0.29, 0.717) is 18.2 Å². The van der Waals surface area contributed by atoms with Gasteiger partial charge in [-0.05, 0) is 6.07 Å². The molecule has 2 heterocycles. The number of methoxy groups -OCH3 is 1. The number of nitrogens with two attached hydrogens (primary N) is 1. The maximum absolute atomic E-state index is 11.3. The molecule has 0 radical (unpaired) electrons. The Morgan fingerprint density at radius 2 is 2.37 bits per heavy atom. The summed E-state index contributed by atoms with van der Waals surface area (Å²) in [6.07, 6.45) is 3.15. The summed E-state index contributed by atoms with van der Waals surface area (Å²) < 4.78 is 6.13. The standard InChI is InChI=1S/C11H14N6O2/c1-17-9(12)7(6-15-17)5-14-8-3-4-13-10(16-8)11(18)19-2/h3-4,6H,5,12H2,1-2H3,(H,13,14,16). The zero-order valence-electron chi connectivity index (χ0n) is 10.6. The molecule has 0 spiro atoms. The third-order valence-electron chi connectivity index (χ3n) is 2.55. The molecule has 0 aromatic carbocycles. The Kier molecular flexibility index (Phi) is 3.60. The fourth-order valence-electron chi connectivity index (χ4n) is 1.46. The molecule has 0 amide bonds. The Labute approximate surface area is 109 Å². The summed E-state index contributed by atoms with van der Waals surface area (Å²) in [5.74, 6) is 0.518. The van der Waals surface area contributed by atoms with E-state index in [9.17, 15) is 4.79 Å². The lowest BCUT2D eigenvalue weighted by molar-refractivity contribution is 0.0587. The van der Waals surface area contributed by atoms with E-state index in [1.165, 1.54) is 13.3 Å². The Balaban J connectivity index is 2.07. The molecule has 0 fully saturated rings. The van der Waals surface area contributed by atoms with Crippen LogP contribution in [0.5, 0.6) is 0 Å². The third kappa shape index (κ3) is 2.79. The number of hydrogen-bond acceptors (Lipinski definition) is 7. The Hall–Kier alpha value is -2.64. The lowest BCUT2D eigenvalue weighted by atomic mass is 10.3. The zero-order chi connectivity index (χ0) is 13.8. The van der Waals surface area contributed by atoms with Crippen LogP contribution in [0.2, 0.25) is 0 Å². The van der Waals surface area contributed by atoms with E-state index in [1.54, 1.807) is 24.0 Å². The van der Waals surface area contributed by atoms with Gasteiger partial charge in [-0.3, -0.25) is 4.68 Å². The van der Waals surface area contributed by atoms with Gasteiger partial charge in [0.1, 0.15) is 11.6 Å². The maximum atomic E-state index is 11.3. The van der Waals surface area contributed by atoms with Gasteiger partial charge in [0.15, 0.2) is 0 Å². The molecule has 100 valence electrons. The molecule has 0 unspecified atom stereocenters. The Morgan fingerprint density at radius 3 is 3.00 bits per heavy atom. The van der Waals surface area contributed by atoms with Crippen molar-refractivity contribution in [3.05, 3.63) is 29.8 Å². The Bertz CT molecular complexity index is 595. The first kappa shape index (κ1) is 12.8. The van der Waals surface area contributed by atoms with Crippen molar-refractivity contribution in [1.29, 1.82) is 0 Å². The van der Waals surface area contributed by atoms with Crippen LogP contribution in [0.1, 0.15) is 16.2 Å². The highest BCUT2D eigenvalue weighted by atomic mass is 16.5. The Morgan fingerprint density at radius 1 is 1.58 bits per heavy atom. The van der Waals surface area contributed by atoms with Crippen molar-refractivity contribution in [2.45, 2.75) is 6.54 Å². The SMILES string of the molecule is COC(=O)c1nccc(NCc2cnn(C)c2N)n1. The maximum Gasteiger partial charge on any atom is 0.376 e. The number of aryl methyl sites for hydroxylation is 1. The fourth-order valence-corrected chi connectivity index (χ4v) is 1.46. The third-order valence-corrected chi connectivity index (χ3v) is 2.55. The summed E-state index contributed by atoms with van der Waals surface area (Å²) in [5.41, 5.74) is 6.67. The predicted octanol–water partition coefficient (Wildman–Crippen LogP) is 0.191. The van der Waals surface area contributed by atoms with Gasteiger partial charge in [0.25, 0.3) is 0 Å². The number of ether oxygens (including phenoxy) is 1. The second-order valence-electron chi connectivity index (χ2n) is 3.79. The molecule has 2 rings (SSSR count). The molecule has 3 N–H and O–H groups in total. The predicted molar refractivity (Wildman–Crippen MR) is 68.3 cm³/mol. The van der Waals surface area contributed by atoms with E-state index in [-0.39, 0.29) is 5.82 Å². The van der Waals surface area contributed by atoms with Gasteiger partial charge in [0.2, 0.25) is 5.82 Å². The van der Waals surface area contributed by atoms with Gasteiger partial charge < -0.3 is 15.8 Å². The van der Waals surface area contributed by atoms with Crippen molar-refractivity contribution in [3.8, 4) is 0 Å².